The van der Waals surface area contributed by atoms with E-state index in [0.717, 1.165) is 6.20 Å². The molecule has 0 spiro atoms. The number of halogens is 3. The van der Waals surface area contributed by atoms with Crippen molar-refractivity contribution in [2.75, 3.05) is 30.2 Å². The maximum Gasteiger partial charge on any atom is 0.442 e. The van der Waals surface area contributed by atoms with Crippen LogP contribution in [0, 0.1) is 11.6 Å². The highest BCUT2D eigenvalue weighted by atomic mass is 35.5. The lowest BCUT2D eigenvalue weighted by atomic mass is 10.1. The average Bonchev–Trinajstić information content (AvgIpc) is 2.85. The van der Waals surface area contributed by atoms with Crippen LogP contribution >= 0.6 is 11.6 Å². The molecular formula is C27H32ClF2N5O5S. The van der Waals surface area contributed by atoms with E-state index in [2.05, 4.69) is 19.6 Å². The van der Waals surface area contributed by atoms with Crippen LogP contribution in [0.1, 0.15) is 39.2 Å². The van der Waals surface area contributed by atoms with Gasteiger partial charge < -0.3 is 14.8 Å². The molecule has 1 atom stereocenters. The van der Waals surface area contributed by atoms with E-state index in [-0.39, 0.29) is 16.7 Å². The first-order valence-electron chi connectivity index (χ1n) is 12.6. The van der Waals surface area contributed by atoms with Gasteiger partial charge in [-0.25, -0.2) is 27.8 Å². The van der Waals surface area contributed by atoms with E-state index >= 15 is 0 Å². The van der Waals surface area contributed by atoms with Crippen LogP contribution in [0.3, 0.4) is 0 Å². The second-order valence-electron chi connectivity index (χ2n) is 10.2. The Morgan fingerprint density at radius 1 is 1.17 bits per heavy atom. The summed E-state index contributed by atoms with van der Waals surface area (Å²) in [7, 11) is -2.98. The molecule has 10 nitrogen and oxygen atoms in total. The number of nitrogens with zero attached hydrogens (tertiary/aromatic N) is 3. The number of carbonyl (C=O) groups excluding carboxylic acids is 1. The molecule has 0 aliphatic heterocycles. The molecule has 3 aromatic rings. The van der Waals surface area contributed by atoms with Gasteiger partial charge in [-0.05, 0) is 81.1 Å². The summed E-state index contributed by atoms with van der Waals surface area (Å²) in [6.45, 7) is 5.78. The Balaban J connectivity index is 1.58. The number of hydrogen-bond donors (Lipinski definition) is 3. The average molecular weight is 612 g/mol. The van der Waals surface area contributed by atoms with Crippen LogP contribution in [0.2, 0.25) is 5.28 Å². The van der Waals surface area contributed by atoms with Gasteiger partial charge in [0.05, 0.1) is 34.0 Å². The van der Waals surface area contributed by atoms with Crippen molar-refractivity contribution in [3.05, 3.63) is 65.1 Å². The van der Waals surface area contributed by atoms with Gasteiger partial charge in [0.1, 0.15) is 22.9 Å². The van der Waals surface area contributed by atoms with Gasteiger partial charge in [-0.15, -0.1) is 4.36 Å². The van der Waals surface area contributed by atoms with E-state index in [1.165, 1.54) is 24.5 Å². The predicted molar refractivity (Wildman–Crippen MR) is 154 cm³/mol. The fourth-order valence-corrected chi connectivity index (χ4v) is 5.05. The molecule has 1 amide bonds. The molecule has 3 N–H and O–H groups in total. The first-order valence-corrected chi connectivity index (χ1v) is 15.0. The smallest absolute Gasteiger partial charge is 0.442 e. The Morgan fingerprint density at radius 3 is 2.63 bits per heavy atom. The van der Waals surface area contributed by atoms with Crippen molar-refractivity contribution in [2.45, 2.75) is 45.0 Å². The van der Waals surface area contributed by atoms with Crippen molar-refractivity contribution in [1.29, 1.82) is 0 Å². The summed E-state index contributed by atoms with van der Waals surface area (Å²) in [5.41, 5.74) is 2.76. The molecule has 0 radical (unpaired) electrons. The van der Waals surface area contributed by atoms with Gasteiger partial charge in [-0.2, -0.15) is 0 Å². The fourth-order valence-electron chi connectivity index (χ4n) is 3.72. The standard InChI is InChI=1S/C27H32ClF2N5O5S/c1-27(2,3)40-26(36)35-41(4,38)16-17-11-19(34-37)14-20(12-17)39-10-6-5-9-31-23-13-18(29)7-8-21(23)24-22(30)15-32-25(28)33-24/h7-8,11-15,31,34,37H,5-6,9-10,16H2,1-4H3. The molecule has 1 heterocycles. The third kappa shape index (κ3) is 10.4. The number of anilines is 2. The summed E-state index contributed by atoms with van der Waals surface area (Å²) in [5.74, 6) is -0.851. The summed E-state index contributed by atoms with van der Waals surface area (Å²) in [6, 6.07) is 8.64. The minimum atomic E-state index is -2.98. The van der Waals surface area contributed by atoms with Crippen molar-refractivity contribution >= 4 is 38.8 Å². The number of hydrogen-bond acceptors (Lipinski definition) is 9. The Labute approximate surface area is 242 Å². The number of unbranched alkanes of at least 4 members (excludes halogenated alkanes) is 1. The van der Waals surface area contributed by atoms with E-state index in [1.807, 2.05) is 5.48 Å². The molecule has 0 bridgehead atoms. The summed E-state index contributed by atoms with van der Waals surface area (Å²) in [6.07, 6.45) is 2.60. The van der Waals surface area contributed by atoms with E-state index in [0.29, 0.717) is 54.2 Å². The van der Waals surface area contributed by atoms with Gasteiger partial charge in [0.2, 0.25) is 5.28 Å². The Bertz CT molecular complexity index is 1510. The highest BCUT2D eigenvalue weighted by Crippen LogP contribution is 2.30. The van der Waals surface area contributed by atoms with Gasteiger partial charge >= 0.3 is 6.09 Å². The van der Waals surface area contributed by atoms with Crippen molar-refractivity contribution in [3.63, 3.8) is 0 Å². The lowest BCUT2D eigenvalue weighted by Crippen LogP contribution is -2.22. The van der Waals surface area contributed by atoms with Crippen molar-refractivity contribution in [1.82, 2.24) is 9.97 Å². The molecule has 41 heavy (non-hydrogen) atoms. The summed E-state index contributed by atoms with van der Waals surface area (Å²) >= 11 is 5.81. The molecule has 3 rings (SSSR count). The number of amides is 1. The van der Waals surface area contributed by atoms with Crippen LogP contribution < -0.4 is 15.5 Å². The van der Waals surface area contributed by atoms with E-state index < -0.39 is 33.1 Å². The van der Waals surface area contributed by atoms with Gasteiger partial charge in [-0.3, -0.25) is 10.7 Å². The molecule has 1 aromatic heterocycles. The minimum absolute atomic E-state index is 0.0427. The summed E-state index contributed by atoms with van der Waals surface area (Å²) < 4.78 is 55.8. The Hall–Kier alpha value is -3.55. The topological polar surface area (TPSA) is 135 Å². The second-order valence-corrected chi connectivity index (χ2v) is 12.9. The van der Waals surface area contributed by atoms with Crippen LogP contribution in [0.4, 0.5) is 25.0 Å². The molecule has 0 aliphatic rings. The first kappa shape index (κ1) is 32.0. The maximum absolute atomic E-state index is 14.3. The molecule has 0 saturated carbocycles. The molecule has 0 aliphatic carbocycles. The van der Waals surface area contributed by atoms with Gasteiger partial charge in [0.15, 0.2) is 5.82 Å². The van der Waals surface area contributed by atoms with Crippen molar-refractivity contribution in [3.8, 4) is 17.0 Å². The number of nitrogens with one attached hydrogen (secondary N) is 2. The predicted octanol–water partition coefficient (Wildman–Crippen LogP) is 6.68. The summed E-state index contributed by atoms with van der Waals surface area (Å²) in [5, 5.41) is 12.4. The van der Waals surface area contributed by atoms with Crippen LogP contribution in [-0.4, -0.2) is 50.5 Å². The van der Waals surface area contributed by atoms with Crippen molar-refractivity contribution in [2.24, 2.45) is 4.36 Å². The highest BCUT2D eigenvalue weighted by molar-refractivity contribution is 7.92. The van der Waals surface area contributed by atoms with Gasteiger partial charge in [0.25, 0.3) is 0 Å². The number of carbonyl (C=O) groups is 1. The normalized spacial score (nSPS) is 12.8. The molecule has 2 aromatic carbocycles. The van der Waals surface area contributed by atoms with Crippen LogP contribution in [-0.2, 0) is 20.2 Å². The molecule has 0 fully saturated rings. The third-order valence-electron chi connectivity index (χ3n) is 5.30. The quantitative estimate of drug-likeness (QED) is 0.123. The molecular weight excluding hydrogens is 580 g/mol. The van der Waals surface area contributed by atoms with Gasteiger partial charge in [-0.1, -0.05) is 0 Å². The molecule has 222 valence electrons. The van der Waals surface area contributed by atoms with E-state index in [4.69, 9.17) is 21.1 Å². The zero-order valence-corrected chi connectivity index (χ0v) is 24.6. The van der Waals surface area contributed by atoms with E-state index in [1.54, 1.807) is 39.0 Å². The SMILES string of the molecule is CC(C)(C)OC(=O)N=S(C)(=O)Cc1cc(NO)cc(OCCCCNc2cc(F)ccc2-c2nc(Cl)ncc2F)c1. The fraction of sp³-hybridized carbons (Fsp3) is 0.370. The monoisotopic (exact) mass is 611 g/mol. The number of rotatable bonds is 11. The number of benzene rings is 2. The summed E-state index contributed by atoms with van der Waals surface area (Å²) in [4.78, 5) is 19.5. The third-order valence-corrected chi connectivity index (χ3v) is 6.88. The molecule has 0 saturated heterocycles. The van der Waals surface area contributed by atoms with Crippen LogP contribution in [0.5, 0.6) is 5.75 Å². The van der Waals surface area contributed by atoms with Crippen LogP contribution in [0.25, 0.3) is 11.3 Å². The second kappa shape index (κ2) is 13.9. The Morgan fingerprint density at radius 2 is 1.93 bits per heavy atom. The molecule has 14 heteroatoms. The number of aromatic nitrogens is 2. The highest BCUT2D eigenvalue weighted by Gasteiger charge is 2.18. The lowest BCUT2D eigenvalue weighted by molar-refractivity contribution is 0.0607. The zero-order valence-electron chi connectivity index (χ0n) is 23.0. The first-order chi connectivity index (χ1) is 19.2. The lowest BCUT2D eigenvalue weighted by Gasteiger charge is -2.17. The minimum Gasteiger partial charge on any atom is -0.494 e. The largest absolute Gasteiger partial charge is 0.494 e. The van der Waals surface area contributed by atoms with Crippen LogP contribution in [0.15, 0.2) is 47.0 Å². The number of ether oxygens (including phenoxy) is 2. The van der Waals surface area contributed by atoms with Crippen molar-refractivity contribution < 1.29 is 32.5 Å². The maximum atomic E-state index is 14.3. The van der Waals surface area contributed by atoms with E-state index in [9.17, 15) is 23.0 Å². The van der Waals surface area contributed by atoms with Gasteiger partial charge in [0, 0.05) is 30.1 Å². The molecule has 1 unspecified atom stereocenters. The Kier molecular flexibility index (Phi) is 10.8. The zero-order chi connectivity index (χ0) is 30.2.